The van der Waals surface area contributed by atoms with Gasteiger partial charge in [0, 0.05) is 30.8 Å². The van der Waals surface area contributed by atoms with Crippen molar-refractivity contribution in [2.45, 2.75) is 4.90 Å². The second-order valence-electron chi connectivity index (χ2n) is 9.02. The fraction of sp³-hybridized carbons (Fsp3) is 0. The van der Waals surface area contributed by atoms with E-state index in [4.69, 9.17) is 0 Å². The summed E-state index contributed by atoms with van der Waals surface area (Å²) < 4.78 is 27.3. The number of hydrogen-bond acceptors (Lipinski definition) is 4. The Labute approximate surface area is 242 Å². The van der Waals surface area contributed by atoms with Gasteiger partial charge in [0.1, 0.15) is 0 Å². The molecule has 8 aromatic rings. The topological polar surface area (TPSA) is 45.1 Å². The third kappa shape index (κ3) is 5.48. The number of para-hydroxylation sites is 2. The van der Waals surface area contributed by atoms with Crippen molar-refractivity contribution in [3.8, 4) is 5.69 Å². The quantitative estimate of drug-likeness (QED) is 0.193. The van der Waals surface area contributed by atoms with Gasteiger partial charge in [0.05, 0.1) is 11.0 Å². The summed E-state index contributed by atoms with van der Waals surface area (Å²) in [4.78, 5) is 0.291. The van der Waals surface area contributed by atoms with E-state index < -0.39 is 11.1 Å². The SMILES string of the molecule is O=S([O-])c1cccc(-n2c3ccccc3c3ccccc32)c1.c1ccc2sccc2c1.c1ccc2sccc2c1. The van der Waals surface area contributed by atoms with E-state index in [0.29, 0.717) is 4.90 Å². The molecule has 0 amide bonds. The summed E-state index contributed by atoms with van der Waals surface area (Å²) in [7, 11) is 0. The first-order valence-electron chi connectivity index (χ1n) is 12.7. The number of nitrogens with zero attached hydrogens (tertiary/aromatic N) is 1. The summed E-state index contributed by atoms with van der Waals surface area (Å²) in [6.07, 6.45) is 0. The highest BCUT2D eigenvalue weighted by atomic mass is 32.2. The van der Waals surface area contributed by atoms with E-state index in [1.807, 2.05) is 30.3 Å². The van der Waals surface area contributed by atoms with Crippen molar-refractivity contribution in [2.24, 2.45) is 0 Å². The maximum absolute atomic E-state index is 11.2. The van der Waals surface area contributed by atoms with E-state index in [1.54, 1.807) is 40.9 Å². The number of rotatable bonds is 2. The van der Waals surface area contributed by atoms with Crippen molar-refractivity contribution < 1.29 is 8.76 Å². The molecular weight excluding hydrogens is 551 g/mol. The predicted octanol–water partition coefficient (Wildman–Crippen LogP) is 9.82. The zero-order valence-electron chi connectivity index (χ0n) is 21.3. The lowest BCUT2D eigenvalue weighted by atomic mass is 10.2. The van der Waals surface area contributed by atoms with Crippen LogP contribution in [0.2, 0.25) is 0 Å². The molecule has 0 aliphatic carbocycles. The van der Waals surface area contributed by atoms with Gasteiger partial charge in [-0.25, -0.2) is 0 Å². The molecule has 3 heterocycles. The van der Waals surface area contributed by atoms with Gasteiger partial charge < -0.3 is 9.12 Å². The molecule has 0 N–H and O–H groups in total. The standard InChI is InChI=1S/C18H13NO2S.2C8H6S/c20-22(21)14-7-5-6-13(12-14)19-17-10-3-1-8-15(17)16-9-2-4-11-18(16)19;2*1-2-4-8-7(3-1)5-6-9-8/h1-12H,(H,20,21);2*1-6H/p-1. The highest BCUT2D eigenvalue weighted by molar-refractivity contribution is 7.79. The van der Waals surface area contributed by atoms with Crippen molar-refractivity contribution in [2.75, 3.05) is 0 Å². The van der Waals surface area contributed by atoms with Crippen LogP contribution >= 0.6 is 22.7 Å². The molecular formula is C34H24NO2S3-. The van der Waals surface area contributed by atoms with Gasteiger partial charge in [-0.2, -0.15) is 0 Å². The van der Waals surface area contributed by atoms with Crippen LogP contribution in [0.5, 0.6) is 0 Å². The Balaban J connectivity index is 0.000000131. The Morgan fingerprint density at radius 2 is 1.05 bits per heavy atom. The molecule has 1 atom stereocenters. The zero-order chi connectivity index (χ0) is 27.3. The van der Waals surface area contributed by atoms with Crippen LogP contribution in [0.4, 0.5) is 0 Å². The molecule has 3 aromatic heterocycles. The Kier molecular flexibility index (Phi) is 7.84. The summed E-state index contributed by atoms with van der Waals surface area (Å²) in [6.45, 7) is 0. The van der Waals surface area contributed by atoms with Gasteiger partial charge in [-0.1, -0.05) is 78.9 Å². The number of benzene rings is 5. The number of fused-ring (bicyclic) bond motifs is 5. The molecule has 3 nitrogen and oxygen atoms in total. The highest BCUT2D eigenvalue weighted by Crippen LogP contribution is 2.32. The van der Waals surface area contributed by atoms with Crippen LogP contribution in [-0.2, 0) is 11.1 Å². The molecule has 0 saturated heterocycles. The molecule has 40 heavy (non-hydrogen) atoms. The van der Waals surface area contributed by atoms with E-state index >= 15 is 0 Å². The molecule has 0 fully saturated rings. The summed E-state index contributed by atoms with van der Waals surface area (Å²) in [5.74, 6) is 0. The van der Waals surface area contributed by atoms with E-state index in [0.717, 1.165) is 27.5 Å². The average molecular weight is 575 g/mol. The summed E-state index contributed by atoms with van der Waals surface area (Å²) in [5.41, 5.74) is 2.98. The lowest BCUT2D eigenvalue weighted by Gasteiger charge is -2.11. The van der Waals surface area contributed by atoms with E-state index in [2.05, 4.69) is 100 Å². The Morgan fingerprint density at radius 1 is 0.550 bits per heavy atom. The second-order valence-corrected chi connectivity index (χ2v) is 11.9. The van der Waals surface area contributed by atoms with Crippen LogP contribution in [0.15, 0.2) is 149 Å². The van der Waals surface area contributed by atoms with Gasteiger partial charge in [-0.05, 0) is 87.2 Å². The van der Waals surface area contributed by atoms with Gasteiger partial charge >= 0.3 is 0 Å². The van der Waals surface area contributed by atoms with E-state index in [-0.39, 0.29) is 0 Å². The van der Waals surface area contributed by atoms with Crippen molar-refractivity contribution in [3.05, 3.63) is 144 Å². The Morgan fingerprint density at radius 3 is 1.57 bits per heavy atom. The Bertz CT molecular complexity index is 1890. The number of aromatic nitrogens is 1. The van der Waals surface area contributed by atoms with Gasteiger partial charge in [0.25, 0.3) is 0 Å². The summed E-state index contributed by atoms with van der Waals surface area (Å²) in [5, 5.41) is 9.25. The first kappa shape index (κ1) is 26.2. The van der Waals surface area contributed by atoms with Crippen molar-refractivity contribution >= 4 is 75.7 Å². The van der Waals surface area contributed by atoms with Crippen LogP contribution in [0, 0.1) is 0 Å². The van der Waals surface area contributed by atoms with E-state index in [1.165, 1.54) is 20.2 Å². The van der Waals surface area contributed by atoms with Crippen LogP contribution in [0.3, 0.4) is 0 Å². The van der Waals surface area contributed by atoms with Crippen molar-refractivity contribution in [3.63, 3.8) is 0 Å². The predicted molar refractivity (Wildman–Crippen MR) is 172 cm³/mol. The fourth-order valence-corrected chi connectivity index (χ4v) is 6.73. The largest absolute Gasteiger partial charge is 0.768 e. The molecule has 1 unspecified atom stereocenters. The van der Waals surface area contributed by atoms with Gasteiger partial charge in [0.2, 0.25) is 0 Å². The number of hydrogen-bond donors (Lipinski definition) is 0. The average Bonchev–Trinajstić information content (AvgIpc) is 3.75. The molecule has 0 saturated carbocycles. The second kappa shape index (κ2) is 12.0. The molecule has 5 aromatic carbocycles. The minimum atomic E-state index is -2.23. The van der Waals surface area contributed by atoms with Gasteiger partial charge in [-0.15, -0.1) is 22.7 Å². The maximum atomic E-state index is 11.2. The minimum Gasteiger partial charge on any atom is -0.768 e. The third-order valence-electron chi connectivity index (χ3n) is 6.57. The molecule has 0 spiro atoms. The third-order valence-corrected chi connectivity index (χ3v) is 9.01. The monoisotopic (exact) mass is 574 g/mol. The summed E-state index contributed by atoms with van der Waals surface area (Å²) in [6, 6.07) is 44.4. The van der Waals surface area contributed by atoms with Crippen LogP contribution in [-0.4, -0.2) is 13.3 Å². The van der Waals surface area contributed by atoms with Gasteiger partial charge in [0.15, 0.2) is 0 Å². The lowest BCUT2D eigenvalue weighted by Crippen LogP contribution is -1.96. The molecule has 6 heteroatoms. The molecule has 8 rings (SSSR count). The van der Waals surface area contributed by atoms with Gasteiger partial charge in [-0.3, -0.25) is 4.21 Å². The minimum absolute atomic E-state index is 0.291. The highest BCUT2D eigenvalue weighted by Gasteiger charge is 2.11. The fourth-order valence-electron chi connectivity index (χ4n) is 4.74. The first-order valence-corrected chi connectivity index (χ1v) is 15.5. The normalized spacial score (nSPS) is 11.6. The molecule has 196 valence electrons. The lowest BCUT2D eigenvalue weighted by molar-refractivity contribution is 0.537. The smallest absolute Gasteiger partial charge is 0.0541 e. The van der Waals surface area contributed by atoms with Crippen LogP contribution in [0.1, 0.15) is 0 Å². The Hall–Kier alpha value is -4.07. The molecule has 0 bridgehead atoms. The maximum Gasteiger partial charge on any atom is 0.0541 e. The molecule has 0 radical (unpaired) electrons. The van der Waals surface area contributed by atoms with Crippen molar-refractivity contribution in [1.29, 1.82) is 0 Å². The van der Waals surface area contributed by atoms with Crippen LogP contribution in [0.25, 0.3) is 47.7 Å². The molecule has 0 aliphatic heterocycles. The summed E-state index contributed by atoms with van der Waals surface area (Å²) >= 11 is 1.34. The zero-order valence-corrected chi connectivity index (χ0v) is 23.8. The van der Waals surface area contributed by atoms with Crippen LogP contribution < -0.4 is 0 Å². The first-order chi connectivity index (χ1) is 19.7. The van der Waals surface area contributed by atoms with Crippen molar-refractivity contribution in [1.82, 2.24) is 4.57 Å². The number of thiophene rings is 2. The molecule has 0 aliphatic rings. The van der Waals surface area contributed by atoms with E-state index in [9.17, 15) is 8.76 Å².